The second-order valence-corrected chi connectivity index (χ2v) is 6.83. The predicted molar refractivity (Wildman–Crippen MR) is 94.9 cm³/mol. The van der Waals surface area contributed by atoms with Crippen molar-refractivity contribution in [2.75, 3.05) is 0 Å². The number of cyclic esters (lactones) is 1. The Morgan fingerprint density at radius 1 is 1.12 bits per heavy atom. The van der Waals surface area contributed by atoms with Crippen molar-refractivity contribution in [2.24, 2.45) is 0 Å². The van der Waals surface area contributed by atoms with Gasteiger partial charge in [0.1, 0.15) is 28.9 Å². The Morgan fingerprint density at radius 3 is 2.56 bits per heavy atom. The highest BCUT2D eigenvalue weighted by molar-refractivity contribution is 5.95. The molecule has 0 saturated carbocycles. The summed E-state index contributed by atoms with van der Waals surface area (Å²) < 4.78 is 5.38. The largest absolute Gasteiger partial charge is 0.508 e. The van der Waals surface area contributed by atoms with Crippen LogP contribution in [0.4, 0.5) is 0 Å². The van der Waals surface area contributed by atoms with Gasteiger partial charge in [0.2, 0.25) is 0 Å². The lowest BCUT2D eigenvalue weighted by molar-refractivity contribution is -0.119. The van der Waals surface area contributed by atoms with E-state index in [1.165, 1.54) is 6.07 Å². The van der Waals surface area contributed by atoms with E-state index in [0.717, 1.165) is 51.0 Å². The van der Waals surface area contributed by atoms with Gasteiger partial charge in [-0.25, -0.2) is 4.79 Å². The van der Waals surface area contributed by atoms with Gasteiger partial charge in [-0.3, -0.25) is 4.79 Å². The number of hydrogen-bond acceptors (Lipinski definition) is 5. The first kappa shape index (κ1) is 19.3. The fourth-order valence-corrected chi connectivity index (χ4v) is 3.29. The Kier molecular flexibility index (Phi) is 7.29. The van der Waals surface area contributed by atoms with E-state index < -0.39 is 5.97 Å². The van der Waals surface area contributed by atoms with E-state index in [-0.39, 0.29) is 23.2 Å². The summed E-state index contributed by atoms with van der Waals surface area (Å²) in [6.45, 7) is 2.13. The molecule has 0 amide bonds. The molecule has 1 atom stereocenters. The summed E-state index contributed by atoms with van der Waals surface area (Å²) >= 11 is 0. The lowest BCUT2D eigenvalue weighted by Gasteiger charge is -2.25. The molecule has 1 aliphatic rings. The molecule has 138 valence electrons. The van der Waals surface area contributed by atoms with Crippen LogP contribution in [-0.4, -0.2) is 28.1 Å². The van der Waals surface area contributed by atoms with Crippen LogP contribution >= 0.6 is 0 Å². The van der Waals surface area contributed by atoms with Crippen molar-refractivity contribution in [2.45, 2.75) is 77.2 Å². The van der Waals surface area contributed by atoms with Crippen molar-refractivity contribution < 1.29 is 24.5 Å². The molecule has 1 aromatic carbocycles. The van der Waals surface area contributed by atoms with Crippen LogP contribution in [0, 0.1) is 0 Å². The predicted octanol–water partition coefficient (Wildman–Crippen LogP) is 4.28. The highest BCUT2D eigenvalue weighted by Gasteiger charge is 2.29. The third-order valence-corrected chi connectivity index (χ3v) is 4.65. The van der Waals surface area contributed by atoms with Crippen LogP contribution in [0.15, 0.2) is 12.1 Å². The van der Waals surface area contributed by atoms with Crippen LogP contribution in [0.3, 0.4) is 0 Å². The van der Waals surface area contributed by atoms with Crippen LogP contribution in [0.25, 0.3) is 0 Å². The summed E-state index contributed by atoms with van der Waals surface area (Å²) in [5, 5.41) is 19.3. The van der Waals surface area contributed by atoms with Gasteiger partial charge in [-0.15, -0.1) is 0 Å². The number of carbonyl (C=O) groups is 2. The summed E-state index contributed by atoms with van der Waals surface area (Å²) in [6, 6.07) is 2.66. The highest BCUT2D eigenvalue weighted by atomic mass is 16.5. The Hall–Kier alpha value is -2.04. The number of rotatable bonds is 10. The van der Waals surface area contributed by atoms with E-state index in [0.29, 0.717) is 30.6 Å². The molecule has 2 rings (SSSR count). The third kappa shape index (κ3) is 5.76. The standard InChI is InChI=1S/C20H28O5/c1-2-3-5-8-15(21)9-6-4-7-10-17-12-14-11-16(22)13-18(23)19(14)20(24)25-17/h11,13,17,22-23H,2-10,12H2,1H3. The van der Waals surface area contributed by atoms with E-state index in [1.54, 1.807) is 0 Å². The van der Waals surface area contributed by atoms with Crippen LogP contribution < -0.4 is 0 Å². The molecule has 0 aliphatic carbocycles. The maximum Gasteiger partial charge on any atom is 0.342 e. The van der Waals surface area contributed by atoms with Gasteiger partial charge in [-0.05, 0) is 37.3 Å². The smallest absolute Gasteiger partial charge is 0.342 e. The molecular formula is C20H28O5. The fourth-order valence-electron chi connectivity index (χ4n) is 3.29. The van der Waals surface area contributed by atoms with Crippen molar-refractivity contribution in [1.29, 1.82) is 0 Å². The minimum Gasteiger partial charge on any atom is -0.508 e. The van der Waals surface area contributed by atoms with Gasteiger partial charge >= 0.3 is 5.97 Å². The number of fused-ring (bicyclic) bond motifs is 1. The average Bonchev–Trinajstić information content (AvgIpc) is 2.53. The molecule has 1 aromatic rings. The van der Waals surface area contributed by atoms with E-state index in [4.69, 9.17) is 4.74 Å². The van der Waals surface area contributed by atoms with Crippen LogP contribution in [0.2, 0.25) is 0 Å². The first-order valence-electron chi connectivity index (χ1n) is 9.28. The van der Waals surface area contributed by atoms with Crippen LogP contribution in [0.5, 0.6) is 11.5 Å². The number of ether oxygens (including phenoxy) is 1. The Morgan fingerprint density at radius 2 is 1.84 bits per heavy atom. The average molecular weight is 348 g/mol. The molecule has 5 nitrogen and oxygen atoms in total. The number of Topliss-reactive ketones (excluding diaryl/α,β-unsaturated/α-hetero) is 1. The number of carbonyl (C=O) groups excluding carboxylic acids is 2. The van der Waals surface area contributed by atoms with Crippen molar-refractivity contribution in [1.82, 2.24) is 0 Å². The first-order chi connectivity index (χ1) is 12.0. The molecule has 0 spiro atoms. The molecule has 0 bridgehead atoms. The number of benzene rings is 1. The lowest BCUT2D eigenvalue weighted by atomic mass is 9.94. The van der Waals surface area contributed by atoms with Crippen molar-refractivity contribution in [3.8, 4) is 11.5 Å². The third-order valence-electron chi connectivity index (χ3n) is 4.65. The van der Waals surface area contributed by atoms with Crippen molar-refractivity contribution in [3.05, 3.63) is 23.3 Å². The number of unbranched alkanes of at least 4 members (excludes halogenated alkanes) is 4. The quantitative estimate of drug-likeness (QED) is 0.487. The van der Waals surface area contributed by atoms with Gasteiger partial charge in [0.15, 0.2) is 0 Å². The molecule has 0 radical (unpaired) electrons. The van der Waals surface area contributed by atoms with Gasteiger partial charge in [-0.2, -0.15) is 0 Å². The topological polar surface area (TPSA) is 83.8 Å². The Labute approximate surface area is 149 Å². The van der Waals surface area contributed by atoms with Gasteiger partial charge in [0, 0.05) is 25.3 Å². The number of aromatic hydroxyl groups is 2. The SMILES string of the molecule is CCCCCC(=O)CCCCCC1Cc2cc(O)cc(O)c2C(=O)O1. The summed E-state index contributed by atoms with van der Waals surface area (Å²) in [4.78, 5) is 23.7. The fraction of sp³-hybridized carbons (Fsp3) is 0.600. The molecule has 0 aromatic heterocycles. The van der Waals surface area contributed by atoms with Crippen molar-refractivity contribution in [3.63, 3.8) is 0 Å². The van der Waals surface area contributed by atoms with E-state index in [1.807, 2.05) is 0 Å². The van der Waals surface area contributed by atoms with E-state index in [9.17, 15) is 19.8 Å². The van der Waals surface area contributed by atoms with Gasteiger partial charge < -0.3 is 14.9 Å². The van der Waals surface area contributed by atoms with Gasteiger partial charge in [0.05, 0.1) is 0 Å². The molecule has 1 aliphatic heterocycles. The number of phenols is 2. The lowest BCUT2D eigenvalue weighted by Crippen LogP contribution is -2.27. The normalized spacial score (nSPS) is 16.4. The molecule has 1 heterocycles. The maximum absolute atomic E-state index is 12.0. The Balaban J connectivity index is 1.70. The zero-order chi connectivity index (χ0) is 18.2. The molecule has 5 heteroatoms. The molecule has 2 N–H and O–H groups in total. The zero-order valence-corrected chi connectivity index (χ0v) is 14.9. The molecule has 0 fully saturated rings. The monoisotopic (exact) mass is 348 g/mol. The molecule has 25 heavy (non-hydrogen) atoms. The number of esters is 1. The summed E-state index contributed by atoms with van der Waals surface area (Å²) in [6.07, 6.45) is 8.27. The summed E-state index contributed by atoms with van der Waals surface area (Å²) in [5.41, 5.74) is 0.788. The molecule has 1 unspecified atom stereocenters. The van der Waals surface area contributed by atoms with Gasteiger partial charge in [0.25, 0.3) is 0 Å². The Bertz CT molecular complexity index is 608. The van der Waals surface area contributed by atoms with E-state index >= 15 is 0 Å². The number of hydrogen-bond donors (Lipinski definition) is 2. The second-order valence-electron chi connectivity index (χ2n) is 6.83. The van der Waals surface area contributed by atoms with Crippen LogP contribution in [0.1, 0.15) is 80.6 Å². The second kappa shape index (κ2) is 9.44. The summed E-state index contributed by atoms with van der Waals surface area (Å²) in [5.74, 6) is -0.474. The minimum atomic E-state index is -0.533. The first-order valence-corrected chi connectivity index (χ1v) is 9.28. The minimum absolute atomic E-state index is 0.0497. The van der Waals surface area contributed by atoms with Crippen molar-refractivity contribution >= 4 is 11.8 Å². The number of phenolic OH excluding ortho intramolecular Hbond substituents is 2. The molecule has 0 saturated heterocycles. The van der Waals surface area contributed by atoms with Gasteiger partial charge in [-0.1, -0.05) is 26.2 Å². The van der Waals surface area contributed by atoms with Crippen LogP contribution in [-0.2, 0) is 16.0 Å². The number of ketones is 1. The summed E-state index contributed by atoms with van der Waals surface area (Å²) in [7, 11) is 0. The highest BCUT2D eigenvalue weighted by Crippen LogP contribution is 2.33. The van der Waals surface area contributed by atoms with E-state index in [2.05, 4.69) is 6.92 Å². The molecular weight excluding hydrogens is 320 g/mol. The zero-order valence-electron chi connectivity index (χ0n) is 14.9. The maximum atomic E-state index is 12.0.